The van der Waals surface area contributed by atoms with Crippen molar-refractivity contribution in [2.24, 2.45) is 0 Å². The molecule has 0 radical (unpaired) electrons. The summed E-state index contributed by atoms with van der Waals surface area (Å²) in [6.45, 7) is -0.463. The molecule has 0 unspecified atom stereocenters. The highest BCUT2D eigenvalue weighted by Gasteiger charge is 2.20. The van der Waals surface area contributed by atoms with E-state index in [2.05, 4.69) is 15.3 Å². The monoisotopic (exact) mass is 423 g/mol. The van der Waals surface area contributed by atoms with Crippen molar-refractivity contribution in [3.05, 3.63) is 62.2 Å². The number of hydrogen-bond donors (Lipinski definition) is 4. The predicted octanol–water partition coefficient (Wildman–Crippen LogP) is 2.93. The van der Waals surface area contributed by atoms with E-state index in [4.69, 9.17) is 9.84 Å². The largest absolute Gasteiger partial charge is 0.501 e. The number of carbonyl (C=O) groups excluding carboxylic acids is 1. The summed E-state index contributed by atoms with van der Waals surface area (Å²) in [5.74, 6) is -4.51. The minimum Gasteiger partial charge on any atom is -0.501 e. The fourth-order valence-corrected chi connectivity index (χ4v) is 3.01. The maximum atomic E-state index is 13.6. The number of carboxylic acids is 1. The third-order valence-corrected chi connectivity index (χ3v) is 4.37. The average molecular weight is 423 g/mol. The highest BCUT2D eigenvalue weighted by Crippen LogP contribution is 2.30. The quantitative estimate of drug-likeness (QED) is 0.494. The number of thiophene rings is 1. The molecule has 9 nitrogen and oxygen atoms in total. The number of carbonyl (C=O) groups is 2. The first-order chi connectivity index (χ1) is 13.8. The molecule has 2 heterocycles. The zero-order valence-corrected chi connectivity index (χ0v) is 15.0. The van der Waals surface area contributed by atoms with Crippen LogP contribution in [-0.4, -0.2) is 32.2 Å². The fourth-order valence-electron chi connectivity index (χ4n) is 2.25. The van der Waals surface area contributed by atoms with E-state index in [0.717, 1.165) is 23.5 Å². The van der Waals surface area contributed by atoms with E-state index < -0.39 is 47.3 Å². The number of benzene rings is 1. The minimum atomic E-state index is -1.61. The van der Waals surface area contributed by atoms with Gasteiger partial charge in [-0.25, -0.2) is 23.4 Å². The van der Waals surface area contributed by atoms with Crippen LogP contribution in [-0.2, 0) is 11.3 Å². The number of hydrogen-bond acceptors (Lipinski definition) is 7. The second kappa shape index (κ2) is 8.06. The molecule has 0 fully saturated rings. The molecule has 1 amide bonds. The number of nitrogens with one attached hydrogen (secondary N) is 2. The van der Waals surface area contributed by atoms with Crippen molar-refractivity contribution in [3.8, 4) is 17.1 Å². The first-order valence-corrected chi connectivity index (χ1v) is 8.71. The Kier molecular flexibility index (Phi) is 5.54. The lowest BCUT2D eigenvalue weighted by Crippen LogP contribution is -2.17. The summed E-state index contributed by atoms with van der Waals surface area (Å²) in [4.78, 5) is 40.7. The van der Waals surface area contributed by atoms with Crippen molar-refractivity contribution in [3.63, 3.8) is 0 Å². The molecule has 0 aliphatic heterocycles. The normalized spacial score (nSPS) is 10.6. The molecule has 0 bridgehead atoms. The Morgan fingerprint density at radius 3 is 2.72 bits per heavy atom. The average Bonchev–Trinajstić information content (AvgIpc) is 3.11. The number of aromatic nitrogens is 2. The zero-order chi connectivity index (χ0) is 21.1. The third kappa shape index (κ3) is 4.38. The Balaban J connectivity index is 1.78. The van der Waals surface area contributed by atoms with Crippen LogP contribution in [0, 0.1) is 11.6 Å². The smallest absolute Gasteiger partial charge is 0.412 e. The Bertz CT molecular complexity index is 1160. The molecule has 0 aliphatic rings. The SMILES string of the molecule is O=C(Nc1cscc1-c1nc(C(=O)O)c(O)c(=O)[nH]1)OCc1ccc(F)cc1F. The van der Waals surface area contributed by atoms with E-state index in [0.29, 0.717) is 6.07 Å². The van der Waals surface area contributed by atoms with Gasteiger partial charge in [-0.15, -0.1) is 11.3 Å². The molecule has 0 saturated heterocycles. The second-order valence-corrected chi connectivity index (χ2v) is 6.30. The van der Waals surface area contributed by atoms with Gasteiger partial charge in [0, 0.05) is 22.4 Å². The minimum absolute atomic E-state index is 0.0391. The molecule has 150 valence electrons. The predicted molar refractivity (Wildman–Crippen MR) is 97.0 cm³/mol. The maximum absolute atomic E-state index is 13.6. The summed E-state index contributed by atoms with van der Waals surface area (Å²) >= 11 is 1.10. The van der Waals surface area contributed by atoms with Crippen molar-refractivity contribution in [1.82, 2.24) is 9.97 Å². The van der Waals surface area contributed by atoms with Gasteiger partial charge in [-0.05, 0) is 12.1 Å². The number of carboxylic acid groups (broad SMARTS) is 1. The molecule has 3 aromatic rings. The van der Waals surface area contributed by atoms with Crippen LogP contribution in [0.5, 0.6) is 5.75 Å². The molecule has 4 N–H and O–H groups in total. The van der Waals surface area contributed by atoms with Gasteiger partial charge in [0.2, 0.25) is 5.75 Å². The van der Waals surface area contributed by atoms with Crippen molar-refractivity contribution in [1.29, 1.82) is 0 Å². The summed E-state index contributed by atoms with van der Waals surface area (Å²) in [7, 11) is 0. The Morgan fingerprint density at radius 1 is 1.28 bits per heavy atom. The highest BCUT2D eigenvalue weighted by atomic mass is 32.1. The van der Waals surface area contributed by atoms with Crippen LogP contribution in [0.25, 0.3) is 11.4 Å². The van der Waals surface area contributed by atoms with Gasteiger partial charge in [-0.1, -0.05) is 0 Å². The molecule has 0 aliphatic carbocycles. The van der Waals surface area contributed by atoms with Gasteiger partial charge in [0.25, 0.3) is 5.56 Å². The maximum Gasteiger partial charge on any atom is 0.412 e. The van der Waals surface area contributed by atoms with Gasteiger partial charge in [-0.3, -0.25) is 10.1 Å². The van der Waals surface area contributed by atoms with E-state index in [-0.39, 0.29) is 22.6 Å². The number of nitrogens with zero attached hydrogens (tertiary/aromatic N) is 1. The van der Waals surface area contributed by atoms with E-state index in [1.165, 1.54) is 10.8 Å². The number of aromatic amines is 1. The van der Waals surface area contributed by atoms with Crippen LogP contribution in [0.3, 0.4) is 0 Å². The topological polar surface area (TPSA) is 142 Å². The molecular weight excluding hydrogens is 412 g/mol. The number of H-pyrrole nitrogens is 1. The van der Waals surface area contributed by atoms with Gasteiger partial charge in [-0.2, -0.15) is 0 Å². The van der Waals surface area contributed by atoms with E-state index in [9.17, 15) is 28.3 Å². The number of amides is 1. The second-order valence-electron chi connectivity index (χ2n) is 5.55. The van der Waals surface area contributed by atoms with Crippen LogP contribution >= 0.6 is 11.3 Å². The number of rotatable bonds is 5. The number of halogens is 2. The molecule has 3 rings (SSSR count). The molecule has 12 heteroatoms. The summed E-state index contributed by atoms with van der Waals surface area (Å²) < 4.78 is 31.4. The van der Waals surface area contributed by atoms with E-state index >= 15 is 0 Å². The summed E-state index contributed by atoms with van der Waals surface area (Å²) in [6, 6.07) is 2.80. The number of aromatic hydroxyl groups is 1. The number of anilines is 1. The first kappa shape index (κ1) is 19.9. The Labute approximate surface area is 164 Å². The first-order valence-electron chi connectivity index (χ1n) is 7.77. The van der Waals surface area contributed by atoms with Crippen molar-refractivity contribution in [2.75, 3.05) is 5.32 Å². The van der Waals surface area contributed by atoms with Crippen molar-refractivity contribution in [2.45, 2.75) is 6.61 Å². The zero-order valence-electron chi connectivity index (χ0n) is 14.2. The summed E-state index contributed by atoms with van der Waals surface area (Å²) in [5.41, 5.74) is -1.67. The fraction of sp³-hybridized carbons (Fsp3) is 0.0588. The molecule has 29 heavy (non-hydrogen) atoms. The van der Waals surface area contributed by atoms with Crippen molar-refractivity contribution < 1.29 is 33.3 Å². The van der Waals surface area contributed by atoms with Crippen LogP contribution in [0.4, 0.5) is 19.3 Å². The molecule has 0 saturated carbocycles. The number of aromatic carboxylic acids is 1. The summed E-state index contributed by atoms with van der Waals surface area (Å²) in [6.07, 6.45) is -0.979. The van der Waals surface area contributed by atoms with Gasteiger partial charge in [0.1, 0.15) is 24.1 Å². The Hall–Kier alpha value is -3.80. The lowest BCUT2D eigenvalue weighted by molar-refractivity contribution is 0.0686. The van der Waals surface area contributed by atoms with Crippen LogP contribution in [0.1, 0.15) is 16.1 Å². The van der Waals surface area contributed by atoms with Crippen LogP contribution in [0.15, 0.2) is 33.8 Å². The molecule has 1 aromatic carbocycles. The lowest BCUT2D eigenvalue weighted by atomic mass is 10.2. The van der Waals surface area contributed by atoms with E-state index in [1.807, 2.05) is 0 Å². The summed E-state index contributed by atoms with van der Waals surface area (Å²) in [5, 5.41) is 23.8. The van der Waals surface area contributed by atoms with Crippen LogP contribution < -0.4 is 10.9 Å². The highest BCUT2D eigenvalue weighted by molar-refractivity contribution is 7.08. The number of ether oxygens (including phenoxy) is 1. The van der Waals surface area contributed by atoms with E-state index in [1.54, 1.807) is 0 Å². The van der Waals surface area contributed by atoms with Crippen LogP contribution in [0.2, 0.25) is 0 Å². The molecule has 0 spiro atoms. The lowest BCUT2D eigenvalue weighted by Gasteiger charge is -2.09. The van der Waals surface area contributed by atoms with Gasteiger partial charge in [0.15, 0.2) is 5.69 Å². The third-order valence-electron chi connectivity index (χ3n) is 3.63. The van der Waals surface area contributed by atoms with Crippen molar-refractivity contribution >= 4 is 29.1 Å². The van der Waals surface area contributed by atoms with Gasteiger partial charge in [0.05, 0.1) is 11.3 Å². The molecule has 2 aromatic heterocycles. The standard InChI is InChI=1S/C17H11F2N3O6S/c18-8-2-1-7(10(19)3-8)4-28-17(27)20-11-6-29-5-9(11)14-21-12(16(25)26)13(23)15(24)22-14/h1-3,5-6,23H,4H2,(H,20,27)(H,25,26)(H,21,22,24). The van der Waals surface area contributed by atoms with Gasteiger partial charge < -0.3 is 19.9 Å². The molecule has 0 atom stereocenters. The van der Waals surface area contributed by atoms with Gasteiger partial charge >= 0.3 is 12.1 Å². The Morgan fingerprint density at radius 2 is 2.03 bits per heavy atom. The molecular formula is C17H11F2N3O6S.